The number of halogens is 1. The number of pyridine rings is 1. The lowest BCUT2D eigenvalue weighted by Crippen LogP contribution is -2.25. The maximum Gasteiger partial charge on any atom is 0.251 e. The summed E-state index contributed by atoms with van der Waals surface area (Å²) in [5.41, 5.74) is 3.83. The van der Waals surface area contributed by atoms with Gasteiger partial charge in [-0.1, -0.05) is 41.7 Å². The maximum atomic E-state index is 14.8. The predicted molar refractivity (Wildman–Crippen MR) is 120 cm³/mol. The van der Waals surface area contributed by atoms with Crippen LogP contribution in [0, 0.1) is 5.82 Å². The molecule has 2 aromatic carbocycles. The molecule has 6 heteroatoms. The summed E-state index contributed by atoms with van der Waals surface area (Å²) in [5, 5.41) is 3.47. The third-order valence-electron chi connectivity index (χ3n) is 6.20. The van der Waals surface area contributed by atoms with Crippen LogP contribution in [0.5, 0.6) is 0 Å². The Morgan fingerprint density at radius 2 is 1.84 bits per heavy atom. The average molecular weight is 430 g/mol. The summed E-state index contributed by atoms with van der Waals surface area (Å²) in [7, 11) is 0. The molecule has 0 unspecified atom stereocenters. The van der Waals surface area contributed by atoms with Crippen LogP contribution in [-0.2, 0) is 5.41 Å². The van der Waals surface area contributed by atoms with E-state index in [4.69, 9.17) is 4.98 Å². The molecule has 2 aromatic heterocycles. The van der Waals surface area contributed by atoms with Crippen molar-refractivity contribution < 1.29 is 9.18 Å². The van der Waals surface area contributed by atoms with Crippen molar-refractivity contribution in [2.24, 2.45) is 0 Å². The predicted octanol–water partition coefficient (Wildman–Crippen LogP) is 5.47. The highest BCUT2D eigenvalue weighted by atomic mass is 32.1. The Morgan fingerprint density at radius 1 is 1.03 bits per heavy atom. The average Bonchev–Trinajstić information content (AvgIpc) is 3.72. The lowest BCUT2D eigenvalue weighted by Gasteiger charge is -2.14. The van der Waals surface area contributed by atoms with Gasteiger partial charge in [0.2, 0.25) is 0 Å². The van der Waals surface area contributed by atoms with Crippen LogP contribution in [0.1, 0.15) is 47.3 Å². The first-order valence-electron chi connectivity index (χ1n) is 10.6. The van der Waals surface area contributed by atoms with Gasteiger partial charge in [-0.3, -0.25) is 4.79 Å². The Balaban J connectivity index is 1.33. The highest BCUT2D eigenvalue weighted by Gasteiger charge is 2.47. The molecular weight excluding hydrogens is 409 g/mol. The Labute approximate surface area is 183 Å². The van der Waals surface area contributed by atoms with Crippen molar-refractivity contribution in [1.29, 1.82) is 0 Å². The fourth-order valence-corrected chi connectivity index (χ4v) is 5.06. The van der Waals surface area contributed by atoms with Gasteiger partial charge in [0.05, 0.1) is 5.69 Å². The van der Waals surface area contributed by atoms with Crippen molar-refractivity contribution in [2.75, 3.05) is 0 Å². The number of hydrogen-bond acceptors (Lipinski definition) is 4. The first-order chi connectivity index (χ1) is 15.1. The van der Waals surface area contributed by atoms with Gasteiger partial charge in [-0.2, -0.15) is 0 Å². The molecule has 1 N–H and O–H groups in total. The maximum absolute atomic E-state index is 14.8. The number of nitrogens with zero attached hydrogens (tertiary/aromatic N) is 2. The Morgan fingerprint density at radius 3 is 2.55 bits per heavy atom. The van der Waals surface area contributed by atoms with Crippen LogP contribution in [-0.4, -0.2) is 21.9 Å². The van der Waals surface area contributed by atoms with Crippen molar-refractivity contribution in [2.45, 2.75) is 37.1 Å². The van der Waals surface area contributed by atoms with E-state index in [1.54, 1.807) is 12.1 Å². The molecule has 4 nitrogen and oxygen atoms in total. The number of carbonyl (C=O) groups excluding carboxylic acids is 1. The molecule has 0 bridgehead atoms. The van der Waals surface area contributed by atoms with Crippen LogP contribution in [0.25, 0.3) is 20.9 Å². The zero-order valence-electron chi connectivity index (χ0n) is 16.8. The normalized spacial score (nSPS) is 16.9. The lowest BCUT2D eigenvalue weighted by atomic mass is 9.92. The highest BCUT2D eigenvalue weighted by Crippen LogP contribution is 2.53. The van der Waals surface area contributed by atoms with Crippen LogP contribution in [0.4, 0.5) is 4.39 Å². The van der Waals surface area contributed by atoms with E-state index in [9.17, 15) is 9.18 Å². The van der Waals surface area contributed by atoms with Gasteiger partial charge in [0, 0.05) is 22.6 Å². The summed E-state index contributed by atoms with van der Waals surface area (Å²) in [5.74, 6) is -0.662. The van der Waals surface area contributed by atoms with E-state index in [2.05, 4.69) is 34.6 Å². The number of thiazole rings is 1. The number of rotatable bonds is 5. The molecule has 31 heavy (non-hydrogen) atoms. The summed E-state index contributed by atoms with van der Waals surface area (Å²) in [4.78, 5) is 22.5. The molecule has 0 radical (unpaired) electrons. The fourth-order valence-electron chi connectivity index (χ4n) is 4.10. The molecule has 2 fully saturated rings. The van der Waals surface area contributed by atoms with Gasteiger partial charge in [0.25, 0.3) is 5.91 Å². The molecule has 6 rings (SSSR count). The number of hydrogen-bond donors (Lipinski definition) is 1. The van der Waals surface area contributed by atoms with Gasteiger partial charge in [0.1, 0.15) is 21.2 Å². The summed E-state index contributed by atoms with van der Waals surface area (Å²) < 4.78 is 14.8. The summed E-state index contributed by atoms with van der Waals surface area (Å²) in [6.07, 6.45) is 4.16. The summed E-state index contributed by atoms with van der Waals surface area (Å²) >= 11 is 1.39. The van der Waals surface area contributed by atoms with Crippen molar-refractivity contribution in [3.05, 3.63) is 83.3 Å². The summed E-state index contributed by atoms with van der Waals surface area (Å²) in [6.45, 7) is 0. The third kappa shape index (κ3) is 3.31. The van der Waals surface area contributed by atoms with Crippen molar-refractivity contribution in [3.63, 3.8) is 0 Å². The van der Waals surface area contributed by atoms with Crippen LogP contribution >= 0.6 is 11.3 Å². The molecule has 2 saturated carbocycles. The molecule has 4 aromatic rings. The van der Waals surface area contributed by atoms with Crippen LogP contribution < -0.4 is 5.32 Å². The van der Waals surface area contributed by atoms with Gasteiger partial charge in [-0.15, -0.1) is 0 Å². The second kappa shape index (κ2) is 6.95. The van der Waals surface area contributed by atoms with Crippen LogP contribution in [0.15, 0.2) is 60.7 Å². The van der Waals surface area contributed by atoms with Crippen molar-refractivity contribution in [1.82, 2.24) is 15.3 Å². The summed E-state index contributed by atoms with van der Waals surface area (Å²) in [6, 6.07) is 19.4. The molecule has 2 aliphatic rings. The zero-order chi connectivity index (χ0) is 21.0. The molecule has 0 aliphatic heterocycles. The quantitative estimate of drug-likeness (QED) is 0.458. The van der Waals surface area contributed by atoms with Gasteiger partial charge >= 0.3 is 0 Å². The minimum Gasteiger partial charge on any atom is -0.349 e. The van der Waals surface area contributed by atoms with Crippen LogP contribution in [0.2, 0.25) is 0 Å². The standard InChI is InChI=1S/C25H20FN3OS/c26-19-14-15(22(30)27-17-7-8-17)6-9-18(19)23-28-20-10-11-21(29-24(20)31-23)25(12-13-25)16-4-2-1-3-5-16/h1-6,9-11,14,17H,7-8,12-13H2,(H,27,30). The van der Waals surface area contributed by atoms with E-state index >= 15 is 0 Å². The van der Waals surface area contributed by atoms with Crippen molar-refractivity contribution in [3.8, 4) is 10.6 Å². The Kier molecular flexibility index (Phi) is 4.18. The second-order valence-corrected chi connectivity index (χ2v) is 9.41. The molecule has 0 saturated heterocycles. The second-order valence-electron chi connectivity index (χ2n) is 8.43. The van der Waals surface area contributed by atoms with E-state index in [1.807, 2.05) is 18.2 Å². The highest BCUT2D eigenvalue weighted by molar-refractivity contribution is 7.21. The van der Waals surface area contributed by atoms with E-state index in [1.165, 1.54) is 23.0 Å². The number of aromatic nitrogens is 2. The van der Waals surface area contributed by atoms with Gasteiger partial charge in [-0.05, 0) is 61.6 Å². The Bertz CT molecular complexity index is 1310. The largest absolute Gasteiger partial charge is 0.349 e. The lowest BCUT2D eigenvalue weighted by molar-refractivity contribution is 0.0950. The minimum atomic E-state index is -0.439. The molecule has 154 valence electrons. The van der Waals surface area contributed by atoms with E-state index in [0.29, 0.717) is 16.1 Å². The molecule has 0 spiro atoms. The van der Waals surface area contributed by atoms with Gasteiger partial charge in [0.15, 0.2) is 0 Å². The first kappa shape index (κ1) is 18.6. The number of carbonyl (C=O) groups is 1. The van der Waals surface area contributed by atoms with Crippen molar-refractivity contribution >= 4 is 27.6 Å². The SMILES string of the molecule is O=C(NC1CC1)c1ccc(-c2nc3ccc(C4(c5ccccc5)CC4)nc3s2)c(F)c1. The van der Waals surface area contributed by atoms with E-state index in [-0.39, 0.29) is 17.4 Å². The first-order valence-corrected chi connectivity index (χ1v) is 11.4. The Hall–Kier alpha value is -3.12. The van der Waals surface area contributed by atoms with Gasteiger partial charge in [-0.25, -0.2) is 14.4 Å². The van der Waals surface area contributed by atoms with E-state index in [0.717, 1.165) is 41.7 Å². The fraction of sp³-hybridized carbons (Fsp3) is 0.240. The molecule has 0 atom stereocenters. The molecule has 1 amide bonds. The molecule has 2 heterocycles. The zero-order valence-corrected chi connectivity index (χ0v) is 17.6. The minimum absolute atomic E-state index is 0.0125. The topological polar surface area (TPSA) is 54.9 Å². The van der Waals surface area contributed by atoms with E-state index < -0.39 is 5.82 Å². The number of fused-ring (bicyclic) bond motifs is 1. The molecule has 2 aliphatic carbocycles. The van der Waals surface area contributed by atoms with Crippen LogP contribution in [0.3, 0.4) is 0 Å². The molecular formula is C25H20FN3OS. The number of nitrogens with one attached hydrogen (secondary N) is 1. The number of amides is 1. The smallest absolute Gasteiger partial charge is 0.251 e. The number of benzene rings is 2. The van der Waals surface area contributed by atoms with Gasteiger partial charge < -0.3 is 5.32 Å². The monoisotopic (exact) mass is 429 g/mol. The third-order valence-corrected chi connectivity index (χ3v) is 7.19.